The van der Waals surface area contributed by atoms with E-state index in [9.17, 15) is 0 Å². The first-order valence-corrected chi connectivity index (χ1v) is 8.73. The van der Waals surface area contributed by atoms with Gasteiger partial charge in [0.05, 0.1) is 17.1 Å². The number of para-hydroxylation sites is 1. The lowest BCUT2D eigenvalue weighted by Gasteiger charge is -2.31. The van der Waals surface area contributed by atoms with Crippen molar-refractivity contribution in [1.29, 1.82) is 0 Å². The van der Waals surface area contributed by atoms with Crippen molar-refractivity contribution in [2.75, 3.05) is 5.32 Å². The molecular formula is C20H16ClN3O2. The van der Waals surface area contributed by atoms with Gasteiger partial charge in [-0.3, -0.25) is 0 Å². The van der Waals surface area contributed by atoms with Gasteiger partial charge < -0.3 is 14.8 Å². The molecule has 0 unspecified atom stereocenters. The van der Waals surface area contributed by atoms with E-state index in [-0.39, 0.29) is 0 Å². The van der Waals surface area contributed by atoms with Crippen LogP contribution in [0.5, 0.6) is 11.6 Å². The maximum Gasteiger partial charge on any atom is 0.237 e. The molecule has 0 bridgehead atoms. The minimum absolute atomic E-state index is 0.653. The van der Waals surface area contributed by atoms with E-state index >= 15 is 0 Å². The number of hydrogen-bond donors (Lipinski definition) is 1. The fourth-order valence-electron chi connectivity index (χ4n) is 3.58. The number of halogens is 1. The largest absolute Gasteiger partial charge is 0.458 e. The molecule has 1 atom stereocenters. The average Bonchev–Trinajstić information content (AvgIpc) is 3.13. The Balaban J connectivity index is 1.70. The third-order valence-corrected chi connectivity index (χ3v) is 4.82. The number of allylic oxidation sites excluding steroid dienone is 1. The zero-order valence-corrected chi connectivity index (χ0v) is 15.0. The van der Waals surface area contributed by atoms with E-state index in [0.717, 1.165) is 34.1 Å². The van der Waals surface area contributed by atoms with Crippen LogP contribution < -0.4 is 14.8 Å². The van der Waals surface area contributed by atoms with Gasteiger partial charge in [-0.2, -0.15) is 5.10 Å². The average molecular weight is 366 g/mol. The first kappa shape index (κ1) is 15.3. The van der Waals surface area contributed by atoms with Crippen LogP contribution in [0.2, 0.25) is 5.02 Å². The van der Waals surface area contributed by atoms with Crippen LogP contribution in [-0.2, 0) is 5.72 Å². The number of fused-ring (bicyclic) bond motifs is 3. The topological polar surface area (TPSA) is 48.3 Å². The monoisotopic (exact) mass is 365 g/mol. The van der Waals surface area contributed by atoms with Crippen LogP contribution in [0.25, 0.3) is 5.69 Å². The second-order valence-electron chi connectivity index (χ2n) is 6.47. The fourth-order valence-corrected chi connectivity index (χ4v) is 3.75. The Bertz CT molecular complexity index is 1060. The molecule has 0 saturated carbocycles. The molecule has 5 rings (SSSR count). The van der Waals surface area contributed by atoms with Gasteiger partial charge in [0.25, 0.3) is 0 Å². The van der Waals surface area contributed by atoms with Crippen molar-refractivity contribution in [3.63, 3.8) is 0 Å². The van der Waals surface area contributed by atoms with Crippen LogP contribution in [0.3, 0.4) is 0 Å². The summed E-state index contributed by atoms with van der Waals surface area (Å²) in [4.78, 5) is 0. The van der Waals surface area contributed by atoms with Gasteiger partial charge in [-0.25, -0.2) is 4.68 Å². The van der Waals surface area contributed by atoms with Gasteiger partial charge in [0.2, 0.25) is 11.6 Å². The molecule has 1 spiro atoms. The van der Waals surface area contributed by atoms with Gasteiger partial charge in [0.15, 0.2) is 0 Å². The molecule has 2 aromatic carbocycles. The molecule has 5 nitrogen and oxygen atoms in total. The standard InChI is InChI=1S/C20H16ClN3O2/c1-12-11-20(22-16-10-14(21)8-9-17(16)26-20)18-13(2)23-24(19(18)25-12)15-6-4-3-5-7-15/h3-11,22H,1-2H3/t20-/m0/s1. The second kappa shape index (κ2) is 5.29. The van der Waals surface area contributed by atoms with E-state index < -0.39 is 5.72 Å². The van der Waals surface area contributed by atoms with E-state index in [1.165, 1.54) is 0 Å². The van der Waals surface area contributed by atoms with Gasteiger partial charge in [0, 0.05) is 11.1 Å². The van der Waals surface area contributed by atoms with Crippen molar-refractivity contribution in [1.82, 2.24) is 9.78 Å². The second-order valence-corrected chi connectivity index (χ2v) is 6.91. The Hall–Kier alpha value is -2.92. The molecule has 26 heavy (non-hydrogen) atoms. The van der Waals surface area contributed by atoms with Crippen LogP contribution in [0, 0.1) is 6.92 Å². The Morgan fingerprint density at radius 3 is 2.73 bits per heavy atom. The van der Waals surface area contributed by atoms with E-state index in [2.05, 4.69) is 5.32 Å². The molecule has 2 aliphatic heterocycles. The number of aromatic nitrogens is 2. The van der Waals surface area contributed by atoms with Crippen LogP contribution >= 0.6 is 11.6 Å². The highest BCUT2D eigenvalue weighted by Gasteiger charge is 2.47. The number of rotatable bonds is 1. The molecule has 6 heteroatoms. The lowest BCUT2D eigenvalue weighted by atomic mass is 10.0. The number of anilines is 1. The van der Waals surface area contributed by atoms with Crippen molar-refractivity contribution in [3.05, 3.63) is 76.6 Å². The lowest BCUT2D eigenvalue weighted by Crippen LogP contribution is -2.38. The first-order chi connectivity index (χ1) is 12.6. The van der Waals surface area contributed by atoms with E-state index in [0.29, 0.717) is 10.9 Å². The molecule has 0 fully saturated rings. The first-order valence-electron chi connectivity index (χ1n) is 8.35. The summed E-state index contributed by atoms with van der Waals surface area (Å²) in [7, 11) is 0. The summed E-state index contributed by atoms with van der Waals surface area (Å²) in [6.45, 7) is 3.86. The summed E-state index contributed by atoms with van der Waals surface area (Å²) in [5.74, 6) is 2.14. The summed E-state index contributed by atoms with van der Waals surface area (Å²) in [6, 6.07) is 15.5. The highest BCUT2D eigenvalue weighted by atomic mass is 35.5. The molecule has 3 heterocycles. The maximum atomic E-state index is 6.34. The van der Waals surface area contributed by atoms with E-state index in [4.69, 9.17) is 26.2 Å². The maximum absolute atomic E-state index is 6.34. The number of nitrogens with zero attached hydrogens (tertiary/aromatic N) is 2. The quantitative estimate of drug-likeness (QED) is 0.673. The third-order valence-electron chi connectivity index (χ3n) is 4.59. The minimum atomic E-state index is -0.859. The number of benzene rings is 2. The third kappa shape index (κ3) is 2.14. The van der Waals surface area contributed by atoms with Gasteiger partial charge in [0.1, 0.15) is 17.1 Å². The fraction of sp³-hybridized carbons (Fsp3) is 0.150. The molecule has 3 aromatic rings. The van der Waals surface area contributed by atoms with Crippen LogP contribution in [0.4, 0.5) is 5.69 Å². The van der Waals surface area contributed by atoms with E-state index in [1.807, 2.05) is 73.1 Å². The highest BCUT2D eigenvalue weighted by Crippen LogP contribution is 2.49. The van der Waals surface area contributed by atoms with Crippen molar-refractivity contribution in [2.24, 2.45) is 0 Å². The zero-order chi connectivity index (χ0) is 17.9. The van der Waals surface area contributed by atoms with Crippen LogP contribution in [0.1, 0.15) is 18.2 Å². The Morgan fingerprint density at radius 1 is 1.12 bits per heavy atom. The molecule has 1 aromatic heterocycles. The summed E-state index contributed by atoms with van der Waals surface area (Å²) in [5.41, 5.74) is 2.61. The molecule has 0 amide bonds. The van der Waals surface area contributed by atoms with Crippen molar-refractivity contribution < 1.29 is 9.47 Å². The Morgan fingerprint density at radius 2 is 1.92 bits per heavy atom. The molecular weight excluding hydrogens is 350 g/mol. The molecule has 130 valence electrons. The van der Waals surface area contributed by atoms with Crippen molar-refractivity contribution in [2.45, 2.75) is 19.6 Å². The lowest BCUT2D eigenvalue weighted by molar-refractivity contribution is 0.153. The van der Waals surface area contributed by atoms with Gasteiger partial charge in [-0.1, -0.05) is 29.8 Å². The summed E-state index contributed by atoms with van der Waals surface area (Å²) < 4.78 is 14.2. The molecule has 0 saturated heterocycles. The summed E-state index contributed by atoms with van der Waals surface area (Å²) in [6.07, 6.45) is 1.94. The minimum Gasteiger partial charge on any atom is -0.458 e. The van der Waals surface area contributed by atoms with Gasteiger partial charge in [-0.05, 0) is 44.2 Å². The predicted octanol–water partition coefficient (Wildman–Crippen LogP) is 4.79. The zero-order valence-electron chi connectivity index (χ0n) is 14.3. The number of ether oxygens (including phenoxy) is 2. The van der Waals surface area contributed by atoms with Gasteiger partial charge in [-0.15, -0.1) is 0 Å². The Labute approximate surface area is 155 Å². The number of aryl methyl sites for hydroxylation is 1. The van der Waals surface area contributed by atoms with E-state index in [1.54, 1.807) is 0 Å². The smallest absolute Gasteiger partial charge is 0.237 e. The SMILES string of the molecule is CC1=C[C@@]2(Nc3cc(Cl)ccc3O2)c2c(C)nn(-c3ccccc3)c2O1. The number of hydrogen-bond acceptors (Lipinski definition) is 4. The molecule has 0 radical (unpaired) electrons. The van der Waals surface area contributed by atoms with Crippen LogP contribution in [0.15, 0.2) is 60.4 Å². The number of nitrogens with one attached hydrogen (secondary N) is 1. The summed E-state index contributed by atoms with van der Waals surface area (Å²) >= 11 is 6.14. The molecule has 1 N–H and O–H groups in total. The highest BCUT2D eigenvalue weighted by molar-refractivity contribution is 6.31. The predicted molar refractivity (Wildman–Crippen MR) is 100 cm³/mol. The molecule has 0 aliphatic carbocycles. The normalized spacial score (nSPS) is 19.9. The summed E-state index contributed by atoms with van der Waals surface area (Å²) in [5, 5.41) is 8.83. The van der Waals surface area contributed by atoms with Crippen molar-refractivity contribution >= 4 is 17.3 Å². The Kier molecular flexibility index (Phi) is 3.12. The van der Waals surface area contributed by atoms with Gasteiger partial charge >= 0.3 is 0 Å². The van der Waals surface area contributed by atoms with Crippen LogP contribution in [-0.4, -0.2) is 9.78 Å². The molecule has 2 aliphatic rings. The van der Waals surface area contributed by atoms with Crippen molar-refractivity contribution in [3.8, 4) is 17.3 Å².